The molecule has 0 saturated heterocycles. The van der Waals surface area contributed by atoms with Gasteiger partial charge in [-0.05, 0) is 18.2 Å². The zero-order valence-corrected chi connectivity index (χ0v) is 11.1. The molecule has 2 N–H and O–H groups in total. The molecule has 3 rings (SSSR count). The lowest BCUT2D eigenvalue weighted by atomic mass is 10.2. The minimum absolute atomic E-state index is 0.205. The minimum atomic E-state index is -0.432. The van der Waals surface area contributed by atoms with Gasteiger partial charge in [0.2, 0.25) is 5.82 Å². The normalized spacial score (nSPS) is 10.9. The molecular formula is C12H9ClFN5O. The molecule has 0 fully saturated rings. The number of aryl methyl sites for hydroxylation is 1. The highest BCUT2D eigenvalue weighted by atomic mass is 35.5. The Morgan fingerprint density at radius 1 is 1.35 bits per heavy atom. The van der Waals surface area contributed by atoms with Crippen molar-refractivity contribution in [3.63, 3.8) is 0 Å². The van der Waals surface area contributed by atoms with E-state index < -0.39 is 5.82 Å². The fraction of sp³-hybridized carbons (Fsp3) is 0.0833. The molecule has 0 atom stereocenters. The van der Waals surface area contributed by atoms with Crippen LogP contribution in [0.2, 0.25) is 5.02 Å². The molecule has 0 amide bonds. The van der Waals surface area contributed by atoms with E-state index in [1.54, 1.807) is 7.05 Å². The van der Waals surface area contributed by atoms with E-state index in [1.807, 2.05) is 0 Å². The maximum atomic E-state index is 13.0. The van der Waals surface area contributed by atoms with Crippen LogP contribution < -0.4 is 5.73 Å². The van der Waals surface area contributed by atoms with E-state index in [9.17, 15) is 4.39 Å². The number of aromatic nitrogens is 4. The van der Waals surface area contributed by atoms with Crippen molar-refractivity contribution in [2.24, 2.45) is 7.05 Å². The molecule has 0 radical (unpaired) electrons. The molecule has 0 saturated carbocycles. The highest BCUT2D eigenvalue weighted by molar-refractivity contribution is 6.33. The standard InChI is InChI=1S/C12H9ClFN5O/c1-19-10(15)8(5-16-19)12-17-11(18-20-12)7-3-2-6(14)4-9(7)13/h2-5H,15H2,1H3. The van der Waals surface area contributed by atoms with Gasteiger partial charge in [-0.15, -0.1) is 0 Å². The fourth-order valence-electron chi connectivity index (χ4n) is 1.72. The Labute approximate surface area is 118 Å². The van der Waals surface area contributed by atoms with Gasteiger partial charge in [-0.3, -0.25) is 4.68 Å². The lowest BCUT2D eigenvalue weighted by Gasteiger charge is -1.97. The van der Waals surface area contributed by atoms with Crippen molar-refractivity contribution in [1.29, 1.82) is 0 Å². The van der Waals surface area contributed by atoms with Gasteiger partial charge >= 0.3 is 0 Å². The SMILES string of the molecule is Cn1ncc(-c2nc(-c3ccc(F)cc3Cl)no2)c1N. The molecule has 2 heterocycles. The fourth-order valence-corrected chi connectivity index (χ4v) is 1.98. The maximum absolute atomic E-state index is 13.0. The monoisotopic (exact) mass is 293 g/mol. The second-order valence-corrected chi connectivity index (χ2v) is 4.52. The molecule has 3 aromatic rings. The van der Waals surface area contributed by atoms with Gasteiger partial charge in [0, 0.05) is 12.6 Å². The third-order valence-corrected chi connectivity index (χ3v) is 3.13. The summed E-state index contributed by atoms with van der Waals surface area (Å²) < 4.78 is 19.6. The number of rotatable bonds is 2. The molecule has 0 aliphatic heterocycles. The number of nitrogens with two attached hydrogens (primary N) is 1. The van der Waals surface area contributed by atoms with Gasteiger partial charge in [-0.25, -0.2) is 4.39 Å². The zero-order chi connectivity index (χ0) is 14.3. The predicted octanol–water partition coefficient (Wildman–Crippen LogP) is 2.51. The first-order valence-electron chi connectivity index (χ1n) is 5.63. The van der Waals surface area contributed by atoms with Gasteiger partial charge in [0.1, 0.15) is 17.2 Å². The van der Waals surface area contributed by atoms with Crippen LogP contribution in [0.1, 0.15) is 0 Å². The van der Waals surface area contributed by atoms with Crippen LogP contribution in [0.25, 0.3) is 22.8 Å². The van der Waals surface area contributed by atoms with E-state index in [4.69, 9.17) is 21.9 Å². The highest BCUT2D eigenvalue weighted by Gasteiger charge is 2.17. The Balaban J connectivity index is 2.04. The molecular weight excluding hydrogens is 285 g/mol. The van der Waals surface area contributed by atoms with E-state index in [0.29, 0.717) is 16.9 Å². The molecule has 102 valence electrons. The van der Waals surface area contributed by atoms with Gasteiger partial charge in [0.15, 0.2) is 0 Å². The summed E-state index contributed by atoms with van der Waals surface area (Å²) in [6.07, 6.45) is 1.53. The first-order chi connectivity index (χ1) is 9.56. The number of anilines is 1. The number of nitrogen functional groups attached to an aromatic ring is 1. The first-order valence-corrected chi connectivity index (χ1v) is 6.01. The molecule has 6 nitrogen and oxygen atoms in total. The number of halogens is 2. The van der Waals surface area contributed by atoms with Gasteiger partial charge in [0.05, 0.1) is 11.2 Å². The number of benzene rings is 1. The Morgan fingerprint density at radius 3 is 2.80 bits per heavy atom. The van der Waals surface area contributed by atoms with Gasteiger partial charge < -0.3 is 10.3 Å². The van der Waals surface area contributed by atoms with Crippen molar-refractivity contribution in [3.8, 4) is 22.8 Å². The summed E-state index contributed by atoms with van der Waals surface area (Å²) in [5, 5.41) is 8.02. The summed E-state index contributed by atoms with van der Waals surface area (Å²) in [7, 11) is 1.70. The molecule has 0 unspecified atom stereocenters. The lowest BCUT2D eigenvalue weighted by molar-refractivity contribution is 0.432. The van der Waals surface area contributed by atoms with E-state index >= 15 is 0 Å². The average molecular weight is 294 g/mol. The summed E-state index contributed by atoms with van der Waals surface area (Å²) in [4.78, 5) is 4.20. The number of hydrogen-bond donors (Lipinski definition) is 1. The summed E-state index contributed by atoms with van der Waals surface area (Å²) in [5.74, 6) is 0.462. The molecule has 0 aliphatic rings. The van der Waals surface area contributed by atoms with Crippen LogP contribution in [-0.4, -0.2) is 19.9 Å². The molecule has 8 heteroatoms. The van der Waals surface area contributed by atoms with Gasteiger partial charge in [-0.2, -0.15) is 10.1 Å². The Morgan fingerprint density at radius 2 is 2.15 bits per heavy atom. The van der Waals surface area contributed by atoms with E-state index in [1.165, 1.54) is 29.1 Å². The summed E-state index contributed by atoms with van der Waals surface area (Å²) in [6.45, 7) is 0. The van der Waals surface area contributed by atoms with Crippen molar-refractivity contribution >= 4 is 17.4 Å². The van der Waals surface area contributed by atoms with Crippen LogP contribution in [0.3, 0.4) is 0 Å². The molecule has 1 aromatic carbocycles. The minimum Gasteiger partial charge on any atom is -0.383 e. The van der Waals surface area contributed by atoms with Crippen LogP contribution in [0.4, 0.5) is 10.2 Å². The molecule has 0 spiro atoms. The molecule has 2 aromatic heterocycles. The lowest BCUT2D eigenvalue weighted by Crippen LogP contribution is -1.98. The summed E-state index contributed by atoms with van der Waals surface area (Å²) in [6, 6.07) is 3.94. The van der Waals surface area contributed by atoms with E-state index in [2.05, 4.69) is 15.2 Å². The first kappa shape index (κ1) is 12.6. The second kappa shape index (κ2) is 4.61. The van der Waals surface area contributed by atoms with Crippen LogP contribution in [0, 0.1) is 5.82 Å². The van der Waals surface area contributed by atoms with Crippen molar-refractivity contribution in [1.82, 2.24) is 19.9 Å². The largest absolute Gasteiger partial charge is 0.383 e. The third kappa shape index (κ3) is 2.01. The highest BCUT2D eigenvalue weighted by Crippen LogP contribution is 2.29. The van der Waals surface area contributed by atoms with Crippen molar-refractivity contribution < 1.29 is 8.91 Å². The zero-order valence-electron chi connectivity index (χ0n) is 10.3. The second-order valence-electron chi connectivity index (χ2n) is 4.11. The predicted molar refractivity (Wildman–Crippen MR) is 71.3 cm³/mol. The summed E-state index contributed by atoms with van der Waals surface area (Å²) in [5.41, 5.74) is 6.84. The quantitative estimate of drug-likeness (QED) is 0.785. The molecule has 0 bridgehead atoms. The van der Waals surface area contributed by atoms with Crippen LogP contribution in [0.15, 0.2) is 28.9 Å². The number of hydrogen-bond acceptors (Lipinski definition) is 5. The van der Waals surface area contributed by atoms with Crippen LogP contribution >= 0.6 is 11.6 Å². The Kier molecular flexibility index (Phi) is 2.90. The number of nitrogens with zero attached hydrogens (tertiary/aromatic N) is 4. The van der Waals surface area contributed by atoms with Crippen molar-refractivity contribution in [2.45, 2.75) is 0 Å². The van der Waals surface area contributed by atoms with E-state index in [0.717, 1.165) is 0 Å². The van der Waals surface area contributed by atoms with Crippen molar-refractivity contribution in [3.05, 3.63) is 35.2 Å². The van der Waals surface area contributed by atoms with Crippen molar-refractivity contribution in [2.75, 3.05) is 5.73 Å². The molecule has 20 heavy (non-hydrogen) atoms. The maximum Gasteiger partial charge on any atom is 0.263 e. The van der Waals surface area contributed by atoms with Crippen LogP contribution in [-0.2, 0) is 7.05 Å². The Bertz CT molecular complexity index is 782. The third-order valence-electron chi connectivity index (χ3n) is 2.81. The summed E-state index contributed by atoms with van der Waals surface area (Å²) >= 11 is 5.95. The topological polar surface area (TPSA) is 82.8 Å². The smallest absolute Gasteiger partial charge is 0.263 e. The van der Waals surface area contributed by atoms with Gasteiger partial charge in [-0.1, -0.05) is 16.8 Å². The molecule has 0 aliphatic carbocycles. The Hall–Kier alpha value is -2.41. The van der Waals surface area contributed by atoms with Gasteiger partial charge in [0.25, 0.3) is 5.89 Å². The average Bonchev–Trinajstić information content (AvgIpc) is 2.98. The van der Waals surface area contributed by atoms with Crippen LogP contribution in [0.5, 0.6) is 0 Å². The van der Waals surface area contributed by atoms with E-state index in [-0.39, 0.29) is 16.7 Å².